The van der Waals surface area contributed by atoms with E-state index in [0.29, 0.717) is 12.3 Å². The summed E-state index contributed by atoms with van der Waals surface area (Å²) < 4.78 is 39.2. The van der Waals surface area contributed by atoms with E-state index in [1.165, 1.54) is 6.08 Å². The van der Waals surface area contributed by atoms with Crippen LogP contribution in [0.3, 0.4) is 0 Å². The summed E-state index contributed by atoms with van der Waals surface area (Å²) in [6.07, 6.45) is -1.35. The maximum absolute atomic E-state index is 13.1. The van der Waals surface area contributed by atoms with E-state index in [9.17, 15) is 18.0 Å². The van der Waals surface area contributed by atoms with Crippen LogP contribution in [0.5, 0.6) is 0 Å². The normalized spacial score (nSPS) is 26.3. The summed E-state index contributed by atoms with van der Waals surface area (Å²) in [5, 5.41) is 15.6. The third kappa shape index (κ3) is 4.41. The van der Waals surface area contributed by atoms with Crippen molar-refractivity contribution in [2.75, 3.05) is 0 Å². The third-order valence-electron chi connectivity index (χ3n) is 4.19. The lowest BCUT2D eigenvalue weighted by atomic mass is 9.90. The minimum absolute atomic E-state index is 0.399. The molecule has 0 saturated carbocycles. The molecule has 0 fully saturated rings. The van der Waals surface area contributed by atoms with E-state index in [4.69, 9.17) is 5.26 Å². The molecule has 2 atom stereocenters. The number of alkyl halides is 3. The Hall–Kier alpha value is -2.30. The number of nitriles is 1. The lowest BCUT2D eigenvalue weighted by Crippen LogP contribution is -2.53. The van der Waals surface area contributed by atoms with Crippen molar-refractivity contribution in [3.63, 3.8) is 0 Å². The van der Waals surface area contributed by atoms with E-state index in [1.807, 2.05) is 13.8 Å². The zero-order chi connectivity index (χ0) is 18.8. The summed E-state index contributed by atoms with van der Waals surface area (Å²) >= 11 is 0. The summed E-state index contributed by atoms with van der Waals surface area (Å²) in [5.74, 6) is -0.0114. The number of carbonyl (C=O) groups is 1. The van der Waals surface area contributed by atoms with E-state index < -0.39 is 41.2 Å². The number of carbonyl (C=O) groups excluding carboxylic acids is 1. The highest BCUT2D eigenvalue weighted by Gasteiger charge is 2.42. The molecule has 8 heteroatoms. The molecular formula is C17H21F3N4O. The molecule has 2 rings (SSSR count). The monoisotopic (exact) mass is 354 g/mol. The Morgan fingerprint density at radius 2 is 2.24 bits per heavy atom. The first-order chi connectivity index (χ1) is 11.5. The number of hydrogen-bond donors (Lipinski definition) is 2. The molecule has 0 radical (unpaired) electrons. The van der Waals surface area contributed by atoms with Gasteiger partial charge in [0, 0.05) is 18.6 Å². The summed E-state index contributed by atoms with van der Waals surface area (Å²) in [6, 6.07) is 0.739. The van der Waals surface area contributed by atoms with Gasteiger partial charge in [0.1, 0.15) is 5.54 Å². The molecule has 1 amide bonds. The van der Waals surface area contributed by atoms with Crippen LogP contribution in [-0.2, 0) is 4.79 Å². The van der Waals surface area contributed by atoms with E-state index in [1.54, 1.807) is 13.0 Å². The maximum atomic E-state index is 13.1. The molecule has 1 aliphatic carbocycles. The zero-order valence-electron chi connectivity index (χ0n) is 14.4. The fourth-order valence-corrected chi connectivity index (χ4v) is 2.92. The molecule has 0 spiro atoms. The Labute approximate surface area is 144 Å². The number of amides is 1. The lowest BCUT2D eigenvalue weighted by Gasteiger charge is -2.28. The molecule has 2 unspecified atom stereocenters. The van der Waals surface area contributed by atoms with E-state index >= 15 is 0 Å². The van der Waals surface area contributed by atoms with Gasteiger partial charge in [0.25, 0.3) is 0 Å². The van der Waals surface area contributed by atoms with Crippen LogP contribution in [0.25, 0.3) is 0 Å². The fraction of sp³-hybridized carbons (Fsp3) is 0.588. The van der Waals surface area contributed by atoms with Gasteiger partial charge in [0.05, 0.1) is 23.3 Å². The minimum Gasteiger partial charge on any atom is -0.347 e. The third-order valence-corrected chi connectivity index (χ3v) is 4.19. The molecule has 1 heterocycles. The first kappa shape index (κ1) is 19.0. The Bertz CT molecular complexity index is 685. The smallest absolute Gasteiger partial charge is 0.347 e. The minimum atomic E-state index is -4.60. The molecule has 25 heavy (non-hydrogen) atoms. The van der Waals surface area contributed by atoms with Crippen molar-refractivity contribution in [3.05, 3.63) is 23.3 Å². The summed E-state index contributed by atoms with van der Waals surface area (Å²) in [6.45, 7) is 5.76. The molecule has 0 bridgehead atoms. The van der Waals surface area contributed by atoms with Crippen LogP contribution in [0.1, 0.15) is 40.0 Å². The van der Waals surface area contributed by atoms with Crippen molar-refractivity contribution in [2.45, 2.75) is 57.8 Å². The maximum Gasteiger partial charge on any atom is 0.414 e. The van der Waals surface area contributed by atoms with Gasteiger partial charge in [0.15, 0.2) is 0 Å². The molecule has 5 nitrogen and oxygen atoms in total. The first-order valence-corrected chi connectivity index (χ1v) is 8.07. The predicted octanol–water partition coefficient (Wildman–Crippen LogP) is 2.97. The van der Waals surface area contributed by atoms with Crippen LogP contribution in [-0.4, -0.2) is 29.4 Å². The van der Waals surface area contributed by atoms with Crippen LogP contribution in [0.2, 0.25) is 0 Å². The number of rotatable bonds is 4. The van der Waals surface area contributed by atoms with Crippen molar-refractivity contribution in [2.24, 2.45) is 11.0 Å². The van der Waals surface area contributed by atoms with Crippen LogP contribution in [0.4, 0.5) is 13.2 Å². The number of hydrogen-bond acceptors (Lipinski definition) is 4. The van der Waals surface area contributed by atoms with Gasteiger partial charge in [-0.3, -0.25) is 10.2 Å². The van der Waals surface area contributed by atoms with Gasteiger partial charge in [-0.05, 0) is 25.3 Å². The van der Waals surface area contributed by atoms with E-state index in [-0.39, 0.29) is 0 Å². The second-order valence-corrected chi connectivity index (χ2v) is 7.04. The topological polar surface area (TPSA) is 77.3 Å². The number of halogens is 3. The molecule has 1 aliphatic heterocycles. The first-order valence-electron chi connectivity index (χ1n) is 8.07. The second-order valence-electron chi connectivity index (χ2n) is 7.04. The largest absolute Gasteiger partial charge is 0.414 e. The molecule has 0 aromatic carbocycles. The van der Waals surface area contributed by atoms with Crippen molar-refractivity contribution < 1.29 is 18.0 Å². The SMILES string of the molecule is CC(C)CC1=NNC(C)(C(=O)NC2C=CC(C#N)=C(C(F)(F)F)C2)C1. The zero-order valence-corrected chi connectivity index (χ0v) is 14.4. The molecule has 2 aliphatic rings. The number of nitrogens with zero attached hydrogens (tertiary/aromatic N) is 2. The van der Waals surface area contributed by atoms with Gasteiger partial charge in [-0.1, -0.05) is 19.9 Å². The van der Waals surface area contributed by atoms with Gasteiger partial charge in [-0.25, -0.2) is 0 Å². The number of allylic oxidation sites excluding steroid dienone is 2. The Morgan fingerprint density at radius 3 is 2.80 bits per heavy atom. The highest BCUT2D eigenvalue weighted by Crippen LogP contribution is 2.34. The lowest BCUT2D eigenvalue weighted by molar-refractivity contribution is -0.127. The number of hydrazone groups is 1. The molecule has 2 N–H and O–H groups in total. The van der Waals surface area contributed by atoms with Crippen molar-refractivity contribution >= 4 is 11.6 Å². The average molecular weight is 354 g/mol. The van der Waals surface area contributed by atoms with E-state index in [2.05, 4.69) is 15.8 Å². The molecule has 0 saturated heterocycles. The fourth-order valence-electron chi connectivity index (χ4n) is 2.92. The van der Waals surface area contributed by atoms with Crippen LogP contribution in [0.15, 0.2) is 28.4 Å². The number of nitrogens with one attached hydrogen (secondary N) is 2. The van der Waals surface area contributed by atoms with Crippen molar-refractivity contribution in [1.29, 1.82) is 5.26 Å². The summed E-state index contributed by atoms with van der Waals surface area (Å²) in [5.41, 5.74) is 1.37. The van der Waals surface area contributed by atoms with Crippen molar-refractivity contribution in [1.82, 2.24) is 10.7 Å². The summed E-state index contributed by atoms with van der Waals surface area (Å²) in [4.78, 5) is 12.5. The molecular weight excluding hydrogens is 333 g/mol. The van der Waals surface area contributed by atoms with Crippen LogP contribution >= 0.6 is 0 Å². The van der Waals surface area contributed by atoms with Gasteiger partial charge >= 0.3 is 6.18 Å². The van der Waals surface area contributed by atoms with Gasteiger partial charge in [-0.2, -0.15) is 23.5 Å². The van der Waals surface area contributed by atoms with Gasteiger partial charge in [-0.15, -0.1) is 0 Å². The Kier molecular flexibility index (Phi) is 5.26. The quantitative estimate of drug-likeness (QED) is 0.815. The highest BCUT2D eigenvalue weighted by atomic mass is 19.4. The van der Waals surface area contributed by atoms with Crippen molar-refractivity contribution in [3.8, 4) is 6.07 Å². The second kappa shape index (κ2) is 6.90. The Morgan fingerprint density at radius 1 is 1.56 bits per heavy atom. The molecule has 0 aromatic heterocycles. The van der Waals surface area contributed by atoms with Gasteiger partial charge < -0.3 is 5.32 Å². The Balaban J connectivity index is 2.03. The average Bonchev–Trinajstić information content (AvgIpc) is 2.88. The highest BCUT2D eigenvalue weighted by molar-refractivity contribution is 5.97. The van der Waals surface area contributed by atoms with Gasteiger partial charge in [0.2, 0.25) is 5.91 Å². The van der Waals surface area contributed by atoms with Crippen LogP contribution < -0.4 is 10.7 Å². The van der Waals surface area contributed by atoms with Crippen LogP contribution in [0, 0.1) is 17.2 Å². The van der Waals surface area contributed by atoms with E-state index in [0.717, 1.165) is 18.2 Å². The molecule has 136 valence electrons. The predicted molar refractivity (Wildman–Crippen MR) is 87.4 cm³/mol. The molecule has 0 aromatic rings. The standard InChI is InChI=1S/C17H21F3N4O/c1-10(2)6-13-8-16(3,24-23-13)15(25)22-12-5-4-11(9-21)14(7-12)17(18,19)20/h4-5,10,12,24H,6-8H2,1-3H3,(H,22,25). The summed E-state index contributed by atoms with van der Waals surface area (Å²) in [7, 11) is 0.